The molecule has 1 heterocycles. The number of primary amides is 1. The smallest absolute Gasteiger partial charge is 0.328 e. The Balaban J connectivity index is 2.27. The Bertz CT molecular complexity index is 1250. The van der Waals surface area contributed by atoms with Gasteiger partial charge in [-0.1, -0.05) is 64.4 Å². The summed E-state index contributed by atoms with van der Waals surface area (Å²) < 4.78 is 4.91. The second-order valence-electron chi connectivity index (χ2n) is 13.0. The zero-order chi connectivity index (χ0) is 36.0. The predicted molar refractivity (Wildman–Crippen MR) is 179 cm³/mol. The van der Waals surface area contributed by atoms with Crippen molar-refractivity contribution in [3.8, 4) is 0 Å². The molecule has 2 rings (SSSR count). The van der Waals surface area contributed by atoms with Crippen molar-refractivity contribution in [1.29, 1.82) is 0 Å². The first-order chi connectivity index (χ1) is 22.7. The molecule has 0 aliphatic carbocycles. The first kappa shape index (κ1) is 40.1. The second-order valence-corrected chi connectivity index (χ2v) is 13.0. The van der Waals surface area contributed by atoms with Gasteiger partial charge in [-0.3, -0.25) is 28.9 Å². The summed E-state index contributed by atoms with van der Waals surface area (Å²) in [4.78, 5) is 78.1. The van der Waals surface area contributed by atoms with E-state index in [1.807, 2.05) is 62.9 Å². The van der Waals surface area contributed by atoms with Gasteiger partial charge in [0.2, 0.25) is 29.5 Å². The standard InChI is InChI=1S/C34H54N6O8/c1-7-21(4)30(34(47)48-6)39-33(46)27-14-11-15-40(27)19-28(42)24(17-23-12-9-8-10-13-23)37-32(45)26(18-29(35)43)38-31(44)25(16-20(2)3)36-22(5)41/h8-10,12-13,20-21,24-28,30,42H,7,11,14-19H2,1-6H3,(H2,35,43)(H,36,41)(H,37,45)(H,38,44)(H,39,46)/t21-,24-,25-,26-,27-,28?,30-/m0/s1. The number of nitrogens with two attached hydrogens (primary N) is 1. The van der Waals surface area contributed by atoms with Gasteiger partial charge in [0.15, 0.2) is 0 Å². The van der Waals surface area contributed by atoms with Gasteiger partial charge in [0, 0.05) is 13.5 Å². The van der Waals surface area contributed by atoms with Crippen LogP contribution in [0, 0.1) is 11.8 Å². The molecule has 0 radical (unpaired) electrons. The molecule has 1 aliphatic rings. The van der Waals surface area contributed by atoms with Crippen molar-refractivity contribution < 1.29 is 38.6 Å². The monoisotopic (exact) mass is 674 g/mol. The molecule has 1 aliphatic heterocycles. The number of carbonyl (C=O) groups is 6. The minimum absolute atomic E-state index is 0.0218. The van der Waals surface area contributed by atoms with E-state index >= 15 is 0 Å². The van der Waals surface area contributed by atoms with Gasteiger partial charge in [-0.25, -0.2) is 4.79 Å². The number of aliphatic hydroxyl groups is 1. The summed E-state index contributed by atoms with van der Waals surface area (Å²) in [6.07, 6.45) is 0.672. The number of carbonyl (C=O) groups excluding carboxylic acids is 6. The number of nitrogens with one attached hydrogen (secondary N) is 4. The van der Waals surface area contributed by atoms with Crippen LogP contribution in [0.15, 0.2) is 30.3 Å². The normalized spacial score (nSPS) is 18.5. The first-order valence-electron chi connectivity index (χ1n) is 16.7. The highest BCUT2D eigenvalue weighted by Gasteiger charge is 2.37. The number of hydrogen-bond donors (Lipinski definition) is 6. The maximum absolute atomic E-state index is 13.6. The topological polar surface area (TPSA) is 209 Å². The van der Waals surface area contributed by atoms with Crippen LogP contribution in [0.25, 0.3) is 0 Å². The Morgan fingerprint density at radius 3 is 2.19 bits per heavy atom. The summed E-state index contributed by atoms with van der Waals surface area (Å²) in [7, 11) is 1.27. The fraction of sp³-hybridized carbons (Fsp3) is 0.647. The lowest BCUT2D eigenvalue weighted by atomic mass is 9.98. The lowest BCUT2D eigenvalue weighted by Crippen LogP contribution is -2.59. The van der Waals surface area contributed by atoms with Crippen LogP contribution in [-0.2, 0) is 39.9 Å². The molecule has 0 saturated carbocycles. The molecular weight excluding hydrogens is 620 g/mol. The van der Waals surface area contributed by atoms with Crippen molar-refractivity contribution in [3.63, 3.8) is 0 Å². The molecule has 5 amide bonds. The van der Waals surface area contributed by atoms with Crippen molar-refractivity contribution in [1.82, 2.24) is 26.2 Å². The molecule has 1 fully saturated rings. The van der Waals surface area contributed by atoms with E-state index < -0.39 is 72.3 Å². The number of esters is 1. The molecular formula is C34H54N6O8. The van der Waals surface area contributed by atoms with Crippen LogP contribution in [0.4, 0.5) is 0 Å². The van der Waals surface area contributed by atoms with Crippen LogP contribution in [0.1, 0.15) is 72.3 Å². The van der Waals surface area contributed by atoms with Gasteiger partial charge >= 0.3 is 5.97 Å². The zero-order valence-electron chi connectivity index (χ0n) is 29.0. The summed E-state index contributed by atoms with van der Waals surface area (Å²) >= 11 is 0. The van der Waals surface area contributed by atoms with Gasteiger partial charge in [-0.15, -0.1) is 0 Å². The number of likely N-dealkylation sites (tertiary alicyclic amines) is 1. The van der Waals surface area contributed by atoms with Gasteiger partial charge < -0.3 is 36.8 Å². The van der Waals surface area contributed by atoms with Gasteiger partial charge in [0.1, 0.15) is 18.1 Å². The molecule has 14 heteroatoms. The second kappa shape index (κ2) is 19.7. The number of β-amino-alcohol motifs (C(OH)–C–C–N with tert-alkyl or cyclic N) is 1. The molecule has 1 aromatic rings. The molecule has 7 atom stereocenters. The van der Waals surface area contributed by atoms with Crippen LogP contribution >= 0.6 is 0 Å². The number of methoxy groups -OCH3 is 1. The van der Waals surface area contributed by atoms with E-state index in [1.165, 1.54) is 14.0 Å². The quantitative estimate of drug-likeness (QED) is 0.110. The molecule has 0 bridgehead atoms. The van der Waals surface area contributed by atoms with Crippen LogP contribution < -0.4 is 27.0 Å². The maximum Gasteiger partial charge on any atom is 0.328 e. The van der Waals surface area contributed by atoms with Crippen molar-refractivity contribution in [2.75, 3.05) is 20.2 Å². The summed E-state index contributed by atoms with van der Waals surface area (Å²) in [5.74, 6) is -3.63. The number of nitrogens with zero attached hydrogens (tertiary/aromatic N) is 1. The average molecular weight is 675 g/mol. The fourth-order valence-corrected chi connectivity index (χ4v) is 5.82. The van der Waals surface area contributed by atoms with Crippen LogP contribution in [0.5, 0.6) is 0 Å². The number of amides is 5. The van der Waals surface area contributed by atoms with Crippen LogP contribution in [0.3, 0.4) is 0 Å². The molecule has 1 unspecified atom stereocenters. The van der Waals surface area contributed by atoms with Crippen molar-refractivity contribution in [2.45, 2.75) is 109 Å². The molecule has 1 aromatic carbocycles. The Labute approximate surface area is 283 Å². The zero-order valence-corrected chi connectivity index (χ0v) is 29.0. The number of aliphatic hydroxyl groups excluding tert-OH is 1. The lowest BCUT2D eigenvalue weighted by Gasteiger charge is -2.32. The summed E-state index contributed by atoms with van der Waals surface area (Å²) in [6.45, 7) is 9.33. The summed E-state index contributed by atoms with van der Waals surface area (Å²) in [5.41, 5.74) is 6.25. The van der Waals surface area contributed by atoms with Crippen molar-refractivity contribution in [3.05, 3.63) is 35.9 Å². The third-order valence-electron chi connectivity index (χ3n) is 8.58. The minimum atomic E-state index is -1.37. The minimum Gasteiger partial charge on any atom is -0.467 e. The lowest BCUT2D eigenvalue weighted by molar-refractivity contribution is -0.147. The number of rotatable bonds is 19. The van der Waals surface area contributed by atoms with Gasteiger partial charge in [-0.05, 0) is 49.6 Å². The van der Waals surface area contributed by atoms with E-state index in [0.29, 0.717) is 32.2 Å². The maximum atomic E-state index is 13.6. The molecule has 48 heavy (non-hydrogen) atoms. The van der Waals surface area contributed by atoms with Crippen molar-refractivity contribution >= 4 is 35.5 Å². The molecule has 0 spiro atoms. The Morgan fingerprint density at radius 2 is 1.62 bits per heavy atom. The SMILES string of the molecule is CC[C@H](C)[C@H](NC(=O)[C@@H]1CCCN1CC(O)[C@H](Cc1ccccc1)NC(=O)[C@H](CC(N)=O)NC(=O)[C@H](CC(C)C)NC(C)=O)C(=O)OC. The number of benzene rings is 1. The fourth-order valence-electron chi connectivity index (χ4n) is 5.82. The van der Waals surface area contributed by atoms with E-state index in [-0.39, 0.29) is 30.7 Å². The number of ether oxygens (including phenoxy) is 1. The Hall–Kier alpha value is -4.04. The third-order valence-corrected chi connectivity index (χ3v) is 8.58. The molecule has 14 nitrogen and oxygen atoms in total. The third kappa shape index (κ3) is 12.9. The van der Waals surface area contributed by atoms with E-state index in [4.69, 9.17) is 10.5 Å². The Kier molecular flexibility index (Phi) is 16.5. The van der Waals surface area contributed by atoms with E-state index in [0.717, 1.165) is 5.56 Å². The Morgan fingerprint density at radius 1 is 0.979 bits per heavy atom. The molecule has 1 saturated heterocycles. The highest BCUT2D eigenvalue weighted by Crippen LogP contribution is 2.21. The van der Waals surface area contributed by atoms with Gasteiger partial charge in [0.25, 0.3) is 0 Å². The van der Waals surface area contributed by atoms with Gasteiger partial charge in [-0.2, -0.15) is 0 Å². The highest BCUT2D eigenvalue weighted by atomic mass is 16.5. The highest BCUT2D eigenvalue weighted by molar-refractivity contribution is 5.94. The number of hydrogen-bond acceptors (Lipinski definition) is 9. The van der Waals surface area contributed by atoms with E-state index in [2.05, 4.69) is 21.3 Å². The first-order valence-corrected chi connectivity index (χ1v) is 16.7. The van der Waals surface area contributed by atoms with Gasteiger partial charge in [0.05, 0.1) is 31.7 Å². The predicted octanol–water partition coefficient (Wildman–Crippen LogP) is 0.154. The molecule has 7 N–H and O–H groups in total. The average Bonchev–Trinajstić information content (AvgIpc) is 3.49. The van der Waals surface area contributed by atoms with E-state index in [1.54, 1.807) is 0 Å². The largest absolute Gasteiger partial charge is 0.467 e. The summed E-state index contributed by atoms with van der Waals surface area (Å²) in [6, 6.07) is 4.54. The van der Waals surface area contributed by atoms with Crippen LogP contribution in [-0.4, -0.2) is 102 Å². The molecule has 0 aromatic heterocycles. The van der Waals surface area contributed by atoms with E-state index in [9.17, 15) is 33.9 Å². The molecule has 268 valence electrons. The van der Waals surface area contributed by atoms with Crippen LogP contribution in [0.2, 0.25) is 0 Å². The summed E-state index contributed by atoms with van der Waals surface area (Å²) in [5, 5.41) is 22.3. The van der Waals surface area contributed by atoms with Crippen molar-refractivity contribution in [2.24, 2.45) is 17.6 Å².